The molecule has 0 aromatic heterocycles. The standard InChI is InChI=1S/C16H22FNO3/c1-10(2)18-16(15(19)20)7-6-13(9-16)21-14-8-12(17)5-4-11(14)3/h4-5,8,10,13,18H,6-7,9H2,1-3H3,(H,19,20). The van der Waals surface area contributed by atoms with Crippen LogP contribution in [0.3, 0.4) is 0 Å². The maximum atomic E-state index is 13.3. The fraction of sp³-hybridized carbons (Fsp3) is 0.562. The predicted molar refractivity (Wildman–Crippen MR) is 78.0 cm³/mol. The van der Waals surface area contributed by atoms with Gasteiger partial charge in [-0.05, 0) is 45.2 Å². The first-order valence-corrected chi connectivity index (χ1v) is 7.26. The summed E-state index contributed by atoms with van der Waals surface area (Å²) in [4.78, 5) is 11.6. The molecule has 21 heavy (non-hydrogen) atoms. The second kappa shape index (κ2) is 6.02. The molecule has 0 aliphatic heterocycles. The molecular weight excluding hydrogens is 273 g/mol. The van der Waals surface area contributed by atoms with Crippen molar-refractivity contribution in [1.29, 1.82) is 0 Å². The number of carbonyl (C=O) groups is 1. The third-order valence-electron chi connectivity index (χ3n) is 3.89. The lowest BCUT2D eigenvalue weighted by molar-refractivity contribution is -0.145. The Morgan fingerprint density at radius 2 is 2.24 bits per heavy atom. The van der Waals surface area contributed by atoms with Crippen LogP contribution in [0.2, 0.25) is 0 Å². The lowest BCUT2D eigenvalue weighted by atomic mass is 9.96. The Morgan fingerprint density at radius 1 is 1.52 bits per heavy atom. The molecule has 1 aromatic carbocycles. The quantitative estimate of drug-likeness (QED) is 0.877. The van der Waals surface area contributed by atoms with Crippen molar-refractivity contribution in [3.63, 3.8) is 0 Å². The largest absolute Gasteiger partial charge is 0.490 e. The third-order valence-corrected chi connectivity index (χ3v) is 3.89. The van der Waals surface area contributed by atoms with Gasteiger partial charge < -0.3 is 9.84 Å². The van der Waals surface area contributed by atoms with Crippen molar-refractivity contribution >= 4 is 5.97 Å². The first-order chi connectivity index (χ1) is 9.82. The molecule has 0 radical (unpaired) electrons. The molecule has 0 saturated heterocycles. The lowest BCUT2D eigenvalue weighted by Crippen LogP contribution is -2.53. The van der Waals surface area contributed by atoms with Crippen LogP contribution in [0.15, 0.2) is 18.2 Å². The number of ether oxygens (including phenoxy) is 1. The molecule has 5 heteroatoms. The van der Waals surface area contributed by atoms with E-state index in [2.05, 4.69) is 5.32 Å². The number of benzene rings is 1. The fourth-order valence-corrected chi connectivity index (χ4v) is 2.92. The van der Waals surface area contributed by atoms with E-state index in [0.717, 1.165) is 5.56 Å². The summed E-state index contributed by atoms with van der Waals surface area (Å²) in [5.74, 6) is -0.706. The van der Waals surface area contributed by atoms with Crippen LogP contribution in [0.5, 0.6) is 5.75 Å². The Bertz CT molecular complexity index is 532. The van der Waals surface area contributed by atoms with Gasteiger partial charge in [-0.3, -0.25) is 10.1 Å². The Kier molecular flexibility index (Phi) is 4.52. The molecule has 1 aliphatic rings. The number of nitrogens with one attached hydrogen (secondary N) is 1. The van der Waals surface area contributed by atoms with Gasteiger partial charge in [0.25, 0.3) is 0 Å². The highest BCUT2D eigenvalue weighted by Gasteiger charge is 2.46. The van der Waals surface area contributed by atoms with Crippen molar-refractivity contribution in [2.75, 3.05) is 0 Å². The molecule has 2 N–H and O–H groups in total. The van der Waals surface area contributed by atoms with Gasteiger partial charge in [0.2, 0.25) is 0 Å². The average molecular weight is 295 g/mol. The Hall–Kier alpha value is -1.62. The molecule has 4 nitrogen and oxygen atoms in total. The SMILES string of the molecule is Cc1ccc(F)cc1OC1CCC(NC(C)C)(C(=O)O)C1. The molecule has 1 aliphatic carbocycles. The number of hydrogen-bond donors (Lipinski definition) is 2. The highest BCUT2D eigenvalue weighted by molar-refractivity contribution is 5.79. The molecule has 0 bridgehead atoms. The molecule has 116 valence electrons. The highest BCUT2D eigenvalue weighted by atomic mass is 19.1. The summed E-state index contributed by atoms with van der Waals surface area (Å²) >= 11 is 0. The van der Waals surface area contributed by atoms with Crippen molar-refractivity contribution < 1.29 is 19.0 Å². The molecule has 2 unspecified atom stereocenters. The number of aliphatic carboxylic acids is 1. The Labute approximate surface area is 124 Å². The van der Waals surface area contributed by atoms with Gasteiger partial charge in [-0.25, -0.2) is 4.39 Å². The van der Waals surface area contributed by atoms with E-state index in [1.165, 1.54) is 12.1 Å². The van der Waals surface area contributed by atoms with Gasteiger partial charge in [-0.2, -0.15) is 0 Å². The normalized spacial score (nSPS) is 25.3. The van der Waals surface area contributed by atoms with E-state index in [1.807, 2.05) is 20.8 Å². The van der Waals surface area contributed by atoms with E-state index in [0.29, 0.717) is 25.0 Å². The van der Waals surface area contributed by atoms with Crippen molar-refractivity contribution in [3.05, 3.63) is 29.6 Å². The molecule has 1 aromatic rings. The van der Waals surface area contributed by atoms with Gasteiger partial charge >= 0.3 is 5.97 Å². The molecule has 2 atom stereocenters. The predicted octanol–water partition coefficient (Wildman–Crippen LogP) is 2.89. The minimum absolute atomic E-state index is 0.0794. The van der Waals surface area contributed by atoms with Crippen LogP contribution in [0, 0.1) is 12.7 Å². The first kappa shape index (κ1) is 15.8. The van der Waals surface area contributed by atoms with E-state index in [-0.39, 0.29) is 18.0 Å². The number of aryl methyl sites for hydroxylation is 1. The van der Waals surface area contributed by atoms with Gasteiger partial charge in [0, 0.05) is 18.5 Å². The van der Waals surface area contributed by atoms with Crippen LogP contribution >= 0.6 is 0 Å². The monoisotopic (exact) mass is 295 g/mol. The van der Waals surface area contributed by atoms with E-state index in [1.54, 1.807) is 6.07 Å². The summed E-state index contributed by atoms with van der Waals surface area (Å²) in [5, 5.41) is 12.7. The second-order valence-electron chi connectivity index (χ2n) is 6.08. The molecule has 0 amide bonds. The van der Waals surface area contributed by atoms with Gasteiger partial charge in [-0.1, -0.05) is 6.07 Å². The van der Waals surface area contributed by atoms with Crippen molar-refractivity contribution in [2.45, 2.75) is 57.7 Å². The summed E-state index contributed by atoms with van der Waals surface area (Å²) in [6.07, 6.45) is 1.32. The van der Waals surface area contributed by atoms with Crippen molar-refractivity contribution in [2.24, 2.45) is 0 Å². The van der Waals surface area contributed by atoms with E-state index < -0.39 is 11.5 Å². The van der Waals surface area contributed by atoms with Gasteiger partial charge in [0.15, 0.2) is 0 Å². The smallest absolute Gasteiger partial charge is 0.324 e. The van der Waals surface area contributed by atoms with Crippen molar-refractivity contribution in [1.82, 2.24) is 5.32 Å². The number of carboxylic acids is 1. The topological polar surface area (TPSA) is 58.6 Å². The minimum Gasteiger partial charge on any atom is -0.490 e. The van der Waals surface area contributed by atoms with Gasteiger partial charge in [-0.15, -0.1) is 0 Å². The molecule has 0 spiro atoms. The van der Waals surface area contributed by atoms with Crippen LogP contribution in [0.1, 0.15) is 38.7 Å². The van der Waals surface area contributed by atoms with Crippen LogP contribution < -0.4 is 10.1 Å². The minimum atomic E-state index is -0.944. The maximum absolute atomic E-state index is 13.3. The number of carboxylic acid groups (broad SMARTS) is 1. The third kappa shape index (κ3) is 3.53. The number of hydrogen-bond acceptors (Lipinski definition) is 3. The van der Waals surface area contributed by atoms with Gasteiger partial charge in [0.05, 0.1) is 0 Å². The highest BCUT2D eigenvalue weighted by Crippen LogP contribution is 2.34. The lowest BCUT2D eigenvalue weighted by Gasteiger charge is -2.28. The Balaban J connectivity index is 2.10. The zero-order chi connectivity index (χ0) is 15.6. The zero-order valence-corrected chi connectivity index (χ0v) is 12.6. The molecule has 1 fully saturated rings. The average Bonchev–Trinajstić information content (AvgIpc) is 2.77. The van der Waals surface area contributed by atoms with Crippen molar-refractivity contribution in [3.8, 4) is 5.75 Å². The summed E-state index contributed by atoms with van der Waals surface area (Å²) in [5.41, 5.74) is -0.0962. The molecule has 0 heterocycles. The summed E-state index contributed by atoms with van der Waals surface area (Å²) in [6, 6.07) is 4.48. The zero-order valence-electron chi connectivity index (χ0n) is 12.6. The first-order valence-electron chi connectivity index (χ1n) is 7.26. The van der Waals surface area contributed by atoms with E-state index >= 15 is 0 Å². The van der Waals surface area contributed by atoms with Crippen LogP contribution in [-0.2, 0) is 4.79 Å². The van der Waals surface area contributed by atoms with E-state index in [9.17, 15) is 14.3 Å². The second-order valence-corrected chi connectivity index (χ2v) is 6.08. The molecule has 1 saturated carbocycles. The van der Waals surface area contributed by atoms with Gasteiger partial charge in [0.1, 0.15) is 23.2 Å². The Morgan fingerprint density at radius 3 is 2.86 bits per heavy atom. The fourth-order valence-electron chi connectivity index (χ4n) is 2.92. The number of rotatable bonds is 5. The van der Waals surface area contributed by atoms with Crippen LogP contribution in [-0.4, -0.2) is 28.8 Å². The molecule has 2 rings (SSSR count). The molecular formula is C16H22FNO3. The van der Waals surface area contributed by atoms with Crippen LogP contribution in [0.4, 0.5) is 4.39 Å². The summed E-state index contributed by atoms with van der Waals surface area (Å²) in [7, 11) is 0. The summed E-state index contributed by atoms with van der Waals surface area (Å²) < 4.78 is 19.1. The summed E-state index contributed by atoms with van der Waals surface area (Å²) in [6.45, 7) is 5.70. The van der Waals surface area contributed by atoms with E-state index in [4.69, 9.17) is 4.74 Å². The maximum Gasteiger partial charge on any atom is 0.324 e. The van der Waals surface area contributed by atoms with Crippen LogP contribution in [0.25, 0.3) is 0 Å². The number of halogens is 1.